The lowest BCUT2D eigenvalue weighted by molar-refractivity contribution is 0.281. The van der Waals surface area contributed by atoms with E-state index in [9.17, 15) is 4.79 Å². The van der Waals surface area contributed by atoms with Crippen LogP contribution in [0, 0.1) is 0 Å². The van der Waals surface area contributed by atoms with E-state index in [4.69, 9.17) is 5.11 Å². The van der Waals surface area contributed by atoms with Crippen LogP contribution < -0.4 is 10.9 Å². The molecule has 3 rings (SSSR count). The topological polar surface area (TPSA) is 67.2 Å². The molecule has 1 saturated carbocycles. The molecule has 1 heterocycles. The first kappa shape index (κ1) is 12.9. The molecule has 0 bridgehead atoms. The number of benzene rings is 1. The van der Waals surface area contributed by atoms with Crippen LogP contribution in [0.3, 0.4) is 0 Å². The van der Waals surface area contributed by atoms with Gasteiger partial charge in [-0.3, -0.25) is 4.79 Å². The minimum atomic E-state index is -0.0617. The Labute approximate surface area is 116 Å². The van der Waals surface area contributed by atoms with Crippen molar-refractivity contribution in [2.45, 2.75) is 32.0 Å². The normalized spacial score (nSPS) is 14.2. The maximum atomic E-state index is 12.2. The van der Waals surface area contributed by atoms with Gasteiger partial charge in [-0.1, -0.05) is 24.3 Å². The Balaban J connectivity index is 1.75. The van der Waals surface area contributed by atoms with Gasteiger partial charge in [0.1, 0.15) is 0 Å². The predicted octanol–water partition coefficient (Wildman–Crippen LogP) is 1.68. The van der Waals surface area contributed by atoms with Crippen molar-refractivity contribution in [3.05, 3.63) is 58.1 Å². The van der Waals surface area contributed by atoms with E-state index in [-0.39, 0.29) is 12.2 Å². The summed E-state index contributed by atoms with van der Waals surface area (Å²) >= 11 is 0. The lowest BCUT2D eigenvalue weighted by atomic mass is 10.1. The number of hydrogen-bond donors (Lipinski definition) is 2. The number of aromatic nitrogens is 2. The van der Waals surface area contributed by atoms with Crippen LogP contribution in [-0.4, -0.2) is 14.7 Å². The van der Waals surface area contributed by atoms with Crippen LogP contribution in [0.5, 0.6) is 0 Å². The highest BCUT2D eigenvalue weighted by Crippen LogP contribution is 2.33. The molecule has 5 nitrogen and oxygen atoms in total. The molecule has 1 fully saturated rings. The monoisotopic (exact) mass is 271 g/mol. The van der Waals surface area contributed by atoms with E-state index in [1.807, 2.05) is 24.3 Å². The summed E-state index contributed by atoms with van der Waals surface area (Å²) in [4.78, 5) is 16.3. The summed E-state index contributed by atoms with van der Waals surface area (Å²) in [5.74, 6) is 0.383. The van der Waals surface area contributed by atoms with Gasteiger partial charge < -0.3 is 15.0 Å². The number of aliphatic hydroxyl groups is 1. The van der Waals surface area contributed by atoms with Crippen molar-refractivity contribution in [1.29, 1.82) is 0 Å². The zero-order valence-electron chi connectivity index (χ0n) is 11.1. The van der Waals surface area contributed by atoms with E-state index in [0.717, 1.165) is 24.0 Å². The van der Waals surface area contributed by atoms with Crippen LogP contribution in [-0.2, 0) is 13.2 Å². The highest BCUT2D eigenvalue weighted by molar-refractivity contribution is 5.34. The van der Waals surface area contributed by atoms with Gasteiger partial charge in [-0.25, -0.2) is 4.98 Å². The zero-order valence-corrected chi connectivity index (χ0v) is 11.1. The first-order chi connectivity index (χ1) is 9.78. The van der Waals surface area contributed by atoms with Gasteiger partial charge in [0, 0.05) is 25.0 Å². The number of anilines is 1. The van der Waals surface area contributed by atoms with Crippen molar-refractivity contribution in [2.24, 2.45) is 0 Å². The second-order valence-electron chi connectivity index (χ2n) is 5.05. The average molecular weight is 271 g/mol. The Hall–Kier alpha value is -2.14. The van der Waals surface area contributed by atoms with Gasteiger partial charge in [-0.15, -0.1) is 0 Å². The van der Waals surface area contributed by atoms with Crippen molar-refractivity contribution in [3.8, 4) is 0 Å². The van der Waals surface area contributed by atoms with Gasteiger partial charge in [-0.2, -0.15) is 0 Å². The van der Waals surface area contributed by atoms with E-state index in [2.05, 4.69) is 10.3 Å². The lowest BCUT2D eigenvalue weighted by Crippen LogP contribution is -2.23. The van der Waals surface area contributed by atoms with Crippen molar-refractivity contribution in [1.82, 2.24) is 9.55 Å². The molecule has 1 aliphatic rings. The molecule has 0 unspecified atom stereocenters. The summed E-state index contributed by atoms with van der Waals surface area (Å²) in [6.45, 7) is 0.538. The highest BCUT2D eigenvalue weighted by Gasteiger charge is 2.25. The molecule has 20 heavy (non-hydrogen) atoms. The van der Waals surface area contributed by atoms with E-state index in [1.54, 1.807) is 17.0 Å². The van der Waals surface area contributed by atoms with E-state index < -0.39 is 0 Å². The largest absolute Gasteiger partial charge is 0.392 e. The van der Waals surface area contributed by atoms with Crippen molar-refractivity contribution >= 4 is 5.82 Å². The van der Waals surface area contributed by atoms with Gasteiger partial charge in [0.25, 0.3) is 5.56 Å². The van der Waals surface area contributed by atoms with E-state index in [0.29, 0.717) is 18.4 Å². The van der Waals surface area contributed by atoms with Crippen molar-refractivity contribution < 1.29 is 5.11 Å². The van der Waals surface area contributed by atoms with Gasteiger partial charge in [-0.05, 0) is 24.0 Å². The second-order valence-corrected chi connectivity index (χ2v) is 5.05. The van der Waals surface area contributed by atoms with Gasteiger partial charge in [0.15, 0.2) is 5.82 Å². The van der Waals surface area contributed by atoms with Crippen LogP contribution >= 0.6 is 0 Å². The molecular weight excluding hydrogens is 254 g/mol. The third-order valence-corrected chi connectivity index (χ3v) is 3.44. The minimum absolute atomic E-state index is 0.0198. The van der Waals surface area contributed by atoms with Gasteiger partial charge in [0.2, 0.25) is 0 Å². The number of rotatable bonds is 5. The molecule has 2 N–H and O–H groups in total. The Kier molecular flexibility index (Phi) is 3.52. The fourth-order valence-corrected chi connectivity index (χ4v) is 2.21. The first-order valence-electron chi connectivity index (χ1n) is 6.77. The van der Waals surface area contributed by atoms with Gasteiger partial charge in [0.05, 0.1) is 6.61 Å². The number of hydrogen-bond acceptors (Lipinski definition) is 4. The molecule has 104 valence electrons. The summed E-state index contributed by atoms with van der Waals surface area (Å²) < 4.78 is 1.75. The molecular formula is C15H17N3O2. The fourth-order valence-electron chi connectivity index (χ4n) is 2.21. The average Bonchev–Trinajstić information content (AvgIpc) is 3.31. The number of nitrogens with zero attached hydrogens (tertiary/aromatic N) is 2. The molecule has 5 heteroatoms. The minimum Gasteiger partial charge on any atom is -0.392 e. The Morgan fingerprint density at radius 3 is 2.90 bits per heavy atom. The summed E-state index contributed by atoms with van der Waals surface area (Å²) in [6.07, 6.45) is 5.55. The van der Waals surface area contributed by atoms with E-state index in [1.165, 1.54) is 0 Å². The molecule has 0 amide bonds. The molecule has 1 aromatic carbocycles. The smallest absolute Gasteiger partial charge is 0.293 e. The van der Waals surface area contributed by atoms with Crippen LogP contribution in [0.4, 0.5) is 5.82 Å². The maximum Gasteiger partial charge on any atom is 0.293 e. The van der Waals surface area contributed by atoms with Crippen molar-refractivity contribution in [2.75, 3.05) is 5.32 Å². The number of nitrogens with one attached hydrogen (secondary N) is 1. The zero-order chi connectivity index (χ0) is 13.9. The van der Waals surface area contributed by atoms with Crippen LogP contribution in [0.1, 0.15) is 30.0 Å². The molecule has 0 radical (unpaired) electrons. The van der Waals surface area contributed by atoms with Crippen LogP contribution in [0.15, 0.2) is 41.5 Å². The number of aliphatic hydroxyl groups excluding tert-OH is 1. The Morgan fingerprint density at radius 1 is 1.35 bits per heavy atom. The molecule has 0 aliphatic heterocycles. The summed E-state index contributed by atoms with van der Waals surface area (Å²) in [5, 5.41) is 12.2. The highest BCUT2D eigenvalue weighted by atomic mass is 16.3. The van der Waals surface area contributed by atoms with Crippen LogP contribution in [0.25, 0.3) is 0 Å². The quantitative estimate of drug-likeness (QED) is 0.868. The van der Waals surface area contributed by atoms with E-state index >= 15 is 0 Å². The Morgan fingerprint density at radius 2 is 2.15 bits per heavy atom. The van der Waals surface area contributed by atoms with Crippen molar-refractivity contribution in [3.63, 3.8) is 0 Å². The summed E-state index contributed by atoms with van der Waals surface area (Å²) in [6, 6.07) is 7.97. The van der Waals surface area contributed by atoms with Crippen LogP contribution in [0.2, 0.25) is 0 Å². The third kappa shape index (κ3) is 2.72. The third-order valence-electron chi connectivity index (χ3n) is 3.44. The SMILES string of the molecule is O=c1c(NCc2cccc(CO)c2)nccn1C1CC1. The molecule has 0 saturated heterocycles. The fraction of sp³-hybridized carbons (Fsp3) is 0.333. The first-order valence-corrected chi connectivity index (χ1v) is 6.77. The summed E-state index contributed by atoms with van der Waals surface area (Å²) in [7, 11) is 0. The molecule has 0 atom stereocenters. The molecule has 2 aromatic rings. The Bertz CT molecular complexity index is 662. The molecule has 1 aliphatic carbocycles. The maximum absolute atomic E-state index is 12.2. The predicted molar refractivity (Wildman–Crippen MR) is 76.5 cm³/mol. The second kappa shape index (κ2) is 5.46. The van der Waals surface area contributed by atoms with Gasteiger partial charge >= 0.3 is 0 Å². The standard InChI is InChI=1S/C15H17N3O2/c19-10-12-3-1-2-11(8-12)9-17-14-15(20)18(7-6-16-14)13-4-5-13/h1-3,6-8,13,19H,4-5,9-10H2,(H,16,17). The molecule has 1 aromatic heterocycles. The lowest BCUT2D eigenvalue weighted by Gasteiger charge is -2.08. The molecule has 0 spiro atoms. The summed E-state index contributed by atoms with van der Waals surface area (Å²) in [5.41, 5.74) is 1.81.